The molecule has 5 fully saturated rings. The summed E-state index contributed by atoms with van der Waals surface area (Å²) in [6.45, 7) is 1.98. The molecule has 0 aromatic heterocycles. The molecule has 0 spiro atoms. The van der Waals surface area contributed by atoms with Gasteiger partial charge in [-0.25, -0.2) is 0 Å². The molecule has 5 aliphatic rings. The fourth-order valence-electron chi connectivity index (χ4n) is 7.27. The molecule has 4 bridgehead atoms. The van der Waals surface area contributed by atoms with E-state index in [2.05, 4.69) is 34.9 Å². The van der Waals surface area contributed by atoms with Crippen LogP contribution in [0.3, 0.4) is 0 Å². The highest BCUT2D eigenvalue weighted by atomic mass is 16.2. The number of nitrogens with one attached hydrogen (secondary N) is 2. The van der Waals surface area contributed by atoms with Crippen LogP contribution in [0.15, 0.2) is 24.3 Å². The molecular weight excluding hydrogens is 344 g/mol. The van der Waals surface area contributed by atoms with E-state index >= 15 is 0 Å². The van der Waals surface area contributed by atoms with Gasteiger partial charge in [0.15, 0.2) is 0 Å². The van der Waals surface area contributed by atoms with Gasteiger partial charge in [0.05, 0.1) is 0 Å². The molecule has 1 atom stereocenters. The lowest BCUT2D eigenvalue weighted by Gasteiger charge is -2.57. The van der Waals surface area contributed by atoms with Crippen molar-refractivity contribution < 1.29 is 4.79 Å². The van der Waals surface area contributed by atoms with Gasteiger partial charge < -0.3 is 10.6 Å². The summed E-state index contributed by atoms with van der Waals surface area (Å²) in [6, 6.07) is 9.30. The van der Waals surface area contributed by atoms with Crippen LogP contribution in [0.4, 0.5) is 5.69 Å². The summed E-state index contributed by atoms with van der Waals surface area (Å²) in [6.07, 6.45) is 14.8. The maximum atomic E-state index is 12.5. The minimum atomic E-state index is -0.188. The fraction of sp³-hybridized carbons (Fsp3) is 0.720. The summed E-state index contributed by atoms with van der Waals surface area (Å²) in [5, 5.41) is 6.66. The van der Waals surface area contributed by atoms with E-state index in [1.54, 1.807) is 5.56 Å². The van der Waals surface area contributed by atoms with Crippen molar-refractivity contribution >= 4 is 11.6 Å². The Morgan fingerprint density at radius 3 is 2.07 bits per heavy atom. The first-order chi connectivity index (χ1) is 13.6. The number of carbonyl (C=O) groups excluding carboxylic acids is 1. The van der Waals surface area contributed by atoms with Crippen molar-refractivity contribution in [3.8, 4) is 0 Å². The average Bonchev–Trinajstić information content (AvgIpc) is 2.68. The molecule has 0 heterocycles. The predicted octanol–water partition coefficient (Wildman–Crippen LogP) is 5.40. The van der Waals surface area contributed by atoms with E-state index in [0.29, 0.717) is 11.5 Å². The first-order valence-electron chi connectivity index (χ1n) is 11.8. The smallest absolute Gasteiger partial charge is 0.242 e. The van der Waals surface area contributed by atoms with Gasteiger partial charge in [-0.2, -0.15) is 0 Å². The van der Waals surface area contributed by atoms with Gasteiger partial charge in [0.25, 0.3) is 0 Å². The standard InChI is InChI=1S/C25H36N2O/c1-17(24(28)27-22-5-3-2-4-6-22)26-23-9-7-21(8-10-23)25-14-18-11-19(15-25)13-20(12-18)16-25/h7-10,17-20,22,26H,2-6,11-16H2,1H3,(H,27,28)/t17-,18?,19?,20?,25?/m1/s1. The SMILES string of the molecule is C[C@@H](Nc1ccc(C23CC4CC(CC(C4)C2)C3)cc1)C(=O)NC1CCCCC1. The van der Waals surface area contributed by atoms with Gasteiger partial charge in [0.2, 0.25) is 5.91 Å². The molecule has 0 unspecified atom stereocenters. The van der Waals surface area contributed by atoms with Crippen LogP contribution in [0.1, 0.15) is 83.1 Å². The van der Waals surface area contributed by atoms with E-state index in [9.17, 15) is 4.79 Å². The van der Waals surface area contributed by atoms with E-state index in [4.69, 9.17) is 0 Å². The number of carbonyl (C=O) groups is 1. The van der Waals surface area contributed by atoms with Crippen LogP contribution in [-0.2, 0) is 10.2 Å². The second kappa shape index (κ2) is 7.39. The minimum Gasteiger partial charge on any atom is -0.374 e. The van der Waals surface area contributed by atoms with Crippen LogP contribution in [0.25, 0.3) is 0 Å². The molecule has 6 rings (SSSR count). The third-order valence-corrected chi connectivity index (χ3v) is 8.26. The Morgan fingerprint density at radius 1 is 0.929 bits per heavy atom. The second-order valence-electron chi connectivity index (χ2n) is 10.5. The number of benzene rings is 1. The quantitative estimate of drug-likeness (QED) is 0.718. The maximum absolute atomic E-state index is 12.5. The Hall–Kier alpha value is -1.51. The Kier molecular flexibility index (Phi) is 4.88. The maximum Gasteiger partial charge on any atom is 0.242 e. The lowest BCUT2D eigenvalue weighted by molar-refractivity contribution is -0.122. The van der Waals surface area contributed by atoms with Gasteiger partial charge in [0, 0.05) is 11.7 Å². The van der Waals surface area contributed by atoms with Crippen molar-refractivity contribution in [1.29, 1.82) is 0 Å². The number of hydrogen-bond donors (Lipinski definition) is 2. The number of anilines is 1. The molecule has 2 N–H and O–H groups in total. The minimum absolute atomic E-state index is 0.136. The second-order valence-corrected chi connectivity index (χ2v) is 10.5. The molecule has 0 aliphatic heterocycles. The molecule has 3 heteroatoms. The highest BCUT2D eigenvalue weighted by molar-refractivity contribution is 5.84. The van der Waals surface area contributed by atoms with Gasteiger partial charge >= 0.3 is 0 Å². The van der Waals surface area contributed by atoms with E-state index in [0.717, 1.165) is 36.3 Å². The van der Waals surface area contributed by atoms with Gasteiger partial charge in [-0.05, 0) is 99.2 Å². The third kappa shape index (κ3) is 3.57. The molecule has 5 aliphatic carbocycles. The molecule has 5 saturated carbocycles. The third-order valence-electron chi connectivity index (χ3n) is 8.26. The van der Waals surface area contributed by atoms with Crippen LogP contribution in [0, 0.1) is 17.8 Å². The zero-order chi connectivity index (χ0) is 19.1. The van der Waals surface area contributed by atoms with Crippen LogP contribution >= 0.6 is 0 Å². The molecule has 1 amide bonds. The van der Waals surface area contributed by atoms with Crippen LogP contribution in [0.2, 0.25) is 0 Å². The summed E-state index contributed by atoms with van der Waals surface area (Å²) in [5.74, 6) is 3.07. The van der Waals surface area contributed by atoms with Crippen molar-refractivity contribution in [2.75, 3.05) is 5.32 Å². The summed E-state index contributed by atoms with van der Waals surface area (Å²) < 4.78 is 0. The molecule has 152 valence electrons. The van der Waals surface area contributed by atoms with Crippen molar-refractivity contribution in [1.82, 2.24) is 5.32 Å². The summed E-state index contributed by atoms with van der Waals surface area (Å²) in [5.41, 5.74) is 3.08. The number of hydrogen-bond acceptors (Lipinski definition) is 2. The number of amides is 1. The van der Waals surface area contributed by atoms with Crippen LogP contribution < -0.4 is 10.6 Å². The van der Waals surface area contributed by atoms with Crippen molar-refractivity contribution in [2.24, 2.45) is 17.8 Å². The van der Waals surface area contributed by atoms with E-state index in [1.807, 2.05) is 6.92 Å². The normalized spacial score (nSPS) is 35.5. The van der Waals surface area contributed by atoms with E-state index < -0.39 is 0 Å². The summed E-state index contributed by atoms with van der Waals surface area (Å²) in [4.78, 5) is 12.5. The van der Waals surface area contributed by atoms with Gasteiger partial charge in [0.1, 0.15) is 6.04 Å². The molecular formula is C25H36N2O. The topological polar surface area (TPSA) is 41.1 Å². The molecule has 1 aromatic rings. The van der Waals surface area contributed by atoms with Gasteiger partial charge in [-0.3, -0.25) is 4.79 Å². The van der Waals surface area contributed by atoms with E-state index in [-0.39, 0.29) is 11.9 Å². The predicted molar refractivity (Wildman–Crippen MR) is 114 cm³/mol. The largest absolute Gasteiger partial charge is 0.374 e. The summed E-state index contributed by atoms with van der Waals surface area (Å²) >= 11 is 0. The van der Waals surface area contributed by atoms with Gasteiger partial charge in [-0.1, -0.05) is 31.4 Å². The van der Waals surface area contributed by atoms with Crippen LogP contribution in [-0.4, -0.2) is 18.0 Å². The lowest BCUT2D eigenvalue weighted by atomic mass is 9.48. The Labute approximate surface area is 170 Å². The highest BCUT2D eigenvalue weighted by Gasteiger charge is 2.51. The first-order valence-corrected chi connectivity index (χ1v) is 11.8. The fourth-order valence-corrected chi connectivity index (χ4v) is 7.27. The zero-order valence-electron chi connectivity index (χ0n) is 17.4. The molecule has 3 nitrogen and oxygen atoms in total. The molecule has 28 heavy (non-hydrogen) atoms. The van der Waals surface area contributed by atoms with E-state index in [1.165, 1.54) is 57.8 Å². The van der Waals surface area contributed by atoms with Crippen LogP contribution in [0.5, 0.6) is 0 Å². The number of rotatable bonds is 5. The monoisotopic (exact) mass is 380 g/mol. The zero-order valence-corrected chi connectivity index (χ0v) is 17.4. The summed E-state index contributed by atoms with van der Waals surface area (Å²) in [7, 11) is 0. The van der Waals surface area contributed by atoms with Crippen molar-refractivity contribution in [3.63, 3.8) is 0 Å². The Morgan fingerprint density at radius 2 is 1.50 bits per heavy atom. The molecule has 0 radical (unpaired) electrons. The van der Waals surface area contributed by atoms with Gasteiger partial charge in [-0.15, -0.1) is 0 Å². The Balaban J connectivity index is 1.21. The highest BCUT2D eigenvalue weighted by Crippen LogP contribution is 2.60. The Bertz CT molecular complexity index is 668. The molecule has 0 saturated heterocycles. The molecule has 1 aromatic carbocycles. The first kappa shape index (κ1) is 18.5. The van der Waals surface area contributed by atoms with Crippen molar-refractivity contribution in [3.05, 3.63) is 29.8 Å². The average molecular weight is 381 g/mol. The van der Waals surface area contributed by atoms with Crippen molar-refractivity contribution in [2.45, 2.75) is 95.1 Å². The lowest BCUT2D eigenvalue weighted by Crippen LogP contribution is -2.48.